The number of hydrogen-bond donors (Lipinski definition) is 8. The van der Waals surface area contributed by atoms with Crippen molar-refractivity contribution in [1.29, 1.82) is 0 Å². The summed E-state index contributed by atoms with van der Waals surface area (Å²) in [6, 6.07) is -1.19. The number of amides is 1. The van der Waals surface area contributed by atoms with E-state index in [1.54, 1.807) is 0 Å². The monoisotopic (exact) mass is 1080 g/mol. The summed E-state index contributed by atoms with van der Waals surface area (Å²) in [5.41, 5.74) is 0. The van der Waals surface area contributed by atoms with Gasteiger partial charge in [0.2, 0.25) is 5.91 Å². The molecule has 0 aromatic rings. The second-order valence-electron chi connectivity index (χ2n) is 23.2. The van der Waals surface area contributed by atoms with Gasteiger partial charge >= 0.3 is 0 Å². The van der Waals surface area contributed by atoms with E-state index in [0.29, 0.717) is 19.3 Å². The lowest BCUT2D eigenvalue weighted by Crippen LogP contribution is -2.60. The van der Waals surface area contributed by atoms with Gasteiger partial charge in [0.15, 0.2) is 6.29 Å². The van der Waals surface area contributed by atoms with Gasteiger partial charge in [-0.25, -0.2) is 0 Å². The van der Waals surface area contributed by atoms with Crippen LogP contribution < -0.4 is 5.32 Å². The minimum Gasteiger partial charge on any atom is -0.394 e. The summed E-state index contributed by atoms with van der Waals surface area (Å²) in [5, 5.41) is 76.3. The molecule has 1 saturated heterocycles. The molecule has 0 aromatic carbocycles. The fourth-order valence-corrected chi connectivity index (χ4v) is 10.7. The molecule has 450 valence electrons. The molecule has 1 heterocycles. The maximum Gasteiger partial charge on any atom is 0.249 e. The second kappa shape index (κ2) is 54.2. The van der Waals surface area contributed by atoms with Crippen molar-refractivity contribution in [3.63, 3.8) is 0 Å². The Labute approximate surface area is 467 Å². The molecule has 0 spiro atoms. The average Bonchev–Trinajstić information content (AvgIpc) is 3.42. The van der Waals surface area contributed by atoms with Crippen molar-refractivity contribution in [1.82, 2.24) is 5.32 Å². The van der Waals surface area contributed by atoms with Gasteiger partial charge in [-0.3, -0.25) is 4.79 Å². The Morgan fingerprint density at radius 2 is 0.789 bits per heavy atom. The molecule has 11 nitrogen and oxygen atoms in total. The van der Waals surface area contributed by atoms with Crippen LogP contribution in [-0.4, -0.2) is 110 Å². The smallest absolute Gasteiger partial charge is 0.249 e. The van der Waals surface area contributed by atoms with E-state index in [-0.39, 0.29) is 12.8 Å². The fourth-order valence-electron chi connectivity index (χ4n) is 10.7. The number of aliphatic hydroxyl groups excluding tert-OH is 7. The number of nitrogens with one attached hydrogen (secondary N) is 1. The number of rotatable bonds is 57. The van der Waals surface area contributed by atoms with E-state index in [4.69, 9.17) is 9.47 Å². The number of ether oxygens (including phenoxy) is 2. The van der Waals surface area contributed by atoms with Crippen molar-refractivity contribution in [3.8, 4) is 0 Å². The van der Waals surface area contributed by atoms with Crippen molar-refractivity contribution in [2.75, 3.05) is 13.2 Å². The van der Waals surface area contributed by atoms with Gasteiger partial charge in [-0.15, -0.1) is 0 Å². The van der Waals surface area contributed by atoms with Gasteiger partial charge in [0.1, 0.15) is 36.6 Å². The number of carbonyl (C=O) groups is 1. The lowest BCUT2D eigenvalue weighted by atomic mass is 9.98. The third-order valence-corrected chi connectivity index (χ3v) is 16.0. The number of aliphatic hydroxyl groups is 7. The van der Waals surface area contributed by atoms with E-state index in [0.717, 1.165) is 38.5 Å². The molecule has 1 amide bonds. The van der Waals surface area contributed by atoms with Crippen LogP contribution in [0.2, 0.25) is 0 Å². The van der Waals surface area contributed by atoms with Crippen LogP contribution in [0.1, 0.15) is 316 Å². The molecule has 0 radical (unpaired) electrons. The van der Waals surface area contributed by atoms with Gasteiger partial charge in [0, 0.05) is 0 Å². The van der Waals surface area contributed by atoms with Crippen LogP contribution in [0.25, 0.3) is 0 Å². The largest absolute Gasteiger partial charge is 0.394 e. The van der Waals surface area contributed by atoms with Gasteiger partial charge in [0.05, 0.1) is 25.4 Å². The molecular formula is C65H125NO10. The molecule has 11 heteroatoms. The van der Waals surface area contributed by atoms with Crippen LogP contribution >= 0.6 is 0 Å². The molecule has 0 bridgehead atoms. The minimum atomic E-state index is -1.67. The van der Waals surface area contributed by atoms with Crippen molar-refractivity contribution in [2.45, 2.75) is 371 Å². The first-order valence-corrected chi connectivity index (χ1v) is 32.7. The zero-order valence-electron chi connectivity index (χ0n) is 49.5. The van der Waals surface area contributed by atoms with Crippen molar-refractivity contribution >= 4 is 5.91 Å². The summed E-state index contributed by atoms with van der Waals surface area (Å²) in [5.74, 6) is -0.704. The van der Waals surface area contributed by atoms with E-state index < -0.39 is 74.2 Å². The predicted octanol–water partition coefficient (Wildman–Crippen LogP) is 14.9. The molecule has 1 fully saturated rings. The average molecular weight is 1080 g/mol. The van der Waals surface area contributed by atoms with Gasteiger partial charge in [0.25, 0.3) is 0 Å². The Morgan fingerprint density at radius 3 is 1.17 bits per heavy atom. The number of carbonyl (C=O) groups excluding carboxylic acids is 1. The molecule has 9 atom stereocenters. The van der Waals surface area contributed by atoms with E-state index >= 15 is 0 Å². The molecule has 9 unspecified atom stereocenters. The summed E-state index contributed by atoms with van der Waals surface area (Å²) in [4.78, 5) is 13.2. The first-order chi connectivity index (χ1) is 37.2. The SMILES string of the molecule is CCCCCCCCCCCCC/C=C/CC/C=C/CCCC(O)C(O)C(COC1OC(CO)C(O)C(O)C1O)NC(=O)C(O)CCCCCCCCCCCCCCCCCCCCCCCCCCCCCCC. The highest BCUT2D eigenvalue weighted by molar-refractivity contribution is 5.80. The maximum atomic E-state index is 13.2. The Morgan fingerprint density at radius 1 is 0.447 bits per heavy atom. The Hall–Kier alpha value is -1.41. The second-order valence-corrected chi connectivity index (χ2v) is 23.2. The zero-order valence-corrected chi connectivity index (χ0v) is 49.5. The molecule has 76 heavy (non-hydrogen) atoms. The lowest BCUT2D eigenvalue weighted by molar-refractivity contribution is -0.303. The van der Waals surface area contributed by atoms with E-state index in [1.807, 2.05) is 0 Å². The topological polar surface area (TPSA) is 189 Å². The summed E-state index contributed by atoms with van der Waals surface area (Å²) in [6.45, 7) is 3.48. The Bertz CT molecular complexity index is 1280. The maximum absolute atomic E-state index is 13.2. The van der Waals surface area contributed by atoms with Crippen LogP contribution in [0.3, 0.4) is 0 Å². The lowest BCUT2D eigenvalue weighted by Gasteiger charge is -2.40. The number of allylic oxidation sites excluding steroid dienone is 4. The molecule has 0 saturated carbocycles. The summed E-state index contributed by atoms with van der Waals surface area (Å²) >= 11 is 0. The third-order valence-electron chi connectivity index (χ3n) is 16.0. The van der Waals surface area contributed by atoms with Gasteiger partial charge in [-0.2, -0.15) is 0 Å². The van der Waals surface area contributed by atoms with Gasteiger partial charge in [-0.1, -0.05) is 289 Å². The van der Waals surface area contributed by atoms with E-state index in [9.17, 15) is 40.5 Å². The first kappa shape index (κ1) is 72.6. The highest BCUT2D eigenvalue weighted by Gasteiger charge is 2.44. The number of hydrogen-bond acceptors (Lipinski definition) is 10. The molecular weight excluding hydrogens is 955 g/mol. The van der Waals surface area contributed by atoms with Crippen LogP contribution in [0.5, 0.6) is 0 Å². The first-order valence-electron chi connectivity index (χ1n) is 32.7. The Kier molecular flexibility index (Phi) is 51.8. The fraction of sp³-hybridized carbons (Fsp3) is 0.923. The van der Waals surface area contributed by atoms with Gasteiger partial charge in [-0.05, 0) is 51.4 Å². The summed E-state index contributed by atoms with van der Waals surface area (Å²) < 4.78 is 11.2. The van der Waals surface area contributed by atoms with Crippen LogP contribution in [-0.2, 0) is 14.3 Å². The highest BCUT2D eigenvalue weighted by Crippen LogP contribution is 2.24. The summed E-state index contributed by atoms with van der Waals surface area (Å²) in [7, 11) is 0. The molecule has 8 N–H and O–H groups in total. The Balaban J connectivity index is 2.24. The van der Waals surface area contributed by atoms with Crippen LogP contribution in [0.15, 0.2) is 24.3 Å². The minimum absolute atomic E-state index is 0.249. The molecule has 1 rings (SSSR count). The van der Waals surface area contributed by atoms with E-state index in [1.165, 1.54) is 231 Å². The molecule has 1 aliphatic heterocycles. The van der Waals surface area contributed by atoms with E-state index in [2.05, 4.69) is 43.5 Å². The molecule has 0 aromatic heterocycles. The predicted molar refractivity (Wildman–Crippen MR) is 316 cm³/mol. The van der Waals surface area contributed by atoms with Crippen LogP contribution in [0, 0.1) is 0 Å². The van der Waals surface area contributed by atoms with Crippen LogP contribution in [0.4, 0.5) is 0 Å². The quantitative estimate of drug-likeness (QED) is 0.0215. The van der Waals surface area contributed by atoms with Crippen molar-refractivity contribution < 1.29 is 50.0 Å². The number of unbranched alkanes of at least 4 members (excludes halogenated alkanes) is 41. The van der Waals surface area contributed by atoms with Gasteiger partial charge < -0.3 is 50.5 Å². The molecule has 0 aliphatic carbocycles. The summed E-state index contributed by atoms with van der Waals surface area (Å²) in [6.07, 6.45) is 55.4. The third kappa shape index (κ3) is 41.6. The standard InChI is InChI=1S/C65H125NO10/c1-3-5-7-9-11-13-15-17-19-21-23-25-26-27-28-29-30-31-32-33-35-37-39-41-43-45-47-49-51-53-58(69)64(74)66-56(55-75-65-63(73)62(72)61(71)59(54-67)76-65)60(70)57(68)52-50-48-46-44-42-40-38-36-34-24-22-20-18-16-14-12-10-8-6-4-2/h36,38,44,46,56-63,65,67-73H,3-35,37,39-43,45,47-55H2,1-2H3,(H,66,74)/b38-36+,46-44+. The highest BCUT2D eigenvalue weighted by atomic mass is 16.7. The normalized spacial score (nSPS) is 19.7. The van der Waals surface area contributed by atoms with Crippen molar-refractivity contribution in [2.24, 2.45) is 0 Å². The zero-order chi connectivity index (χ0) is 55.4. The van der Waals surface area contributed by atoms with Crippen molar-refractivity contribution in [3.05, 3.63) is 24.3 Å². The molecule has 1 aliphatic rings.